The number of nitrogens with zero attached hydrogens (tertiary/aromatic N) is 5. The van der Waals surface area contributed by atoms with E-state index in [9.17, 15) is 0 Å². The van der Waals surface area contributed by atoms with Crippen LogP contribution in [0.4, 0.5) is 0 Å². The lowest BCUT2D eigenvalue weighted by molar-refractivity contribution is 0.425. The van der Waals surface area contributed by atoms with Gasteiger partial charge in [0.2, 0.25) is 5.16 Å². The maximum absolute atomic E-state index is 5.26. The van der Waals surface area contributed by atoms with E-state index in [2.05, 4.69) is 20.2 Å². The zero-order chi connectivity index (χ0) is 15.5. The lowest BCUT2D eigenvalue weighted by atomic mass is 10.3. The van der Waals surface area contributed by atoms with Crippen LogP contribution < -0.4 is 0 Å². The van der Waals surface area contributed by atoms with Gasteiger partial charge in [0.25, 0.3) is 5.89 Å². The highest BCUT2D eigenvalue weighted by atomic mass is 32.2. The first kappa shape index (κ1) is 14.2. The van der Waals surface area contributed by atoms with Crippen LogP contribution in [0, 0.1) is 0 Å². The zero-order valence-corrected chi connectivity index (χ0v) is 13.5. The number of thiophene rings is 1. The number of benzene rings is 1. The molecule has 1 aromatic carbocycles. The molecule has 4 rings (SSSR count). The van der Waals surface area contributed by atoms with Gasteiger partial charge in [0.15, 0.2) is 5.82 Å². The molecule has 0 N–H and O–H groups in total. The van der Waals surface area contributed by atoms with E-state index in [-0.39, 0.29) is 0 Å². The second-order valence-corrected chi connectivity index (χ2v) is 6.35. The van der Waals surface area contributed by atoms with E-state index in [4.69, 9.17) is 4.52 Å². The van der Waals surface area contributed by atoms with Gasteiger partial charge >= 0.3 is 0 Å². The van der Waals surface area contributed by atoms with Crippen LogP contribution in [0.2, 0.25) is 0 Å². The molecule has 0 aliphatic carbocycles. The molecule has 0 saturated heterocycles. The van der Waals surface area contributed by atoms with Crippen molar-refractivity contribution < 1.29 is 4.52 Å². The van der Waals surface area contributed by atoms with Crippen LogP contribution in [0.1, 0.15) is 5.82 Å². The molecule has 0 bridgehead atoms. The maximum atomic E-state index is 5.26. The van der Waals surface area contributed by atoms with Crippen LogP contribution in [0.5, 0.6) is 0 Å². The Morgan fingerprint density at radius 1 is 1.17 bits per heavy atom. The Morgan fingerprint density at radius 2 is 2.09 bits per heavy atom. The third kappa shape index (κ3) is 3.17. The molecule has 0 unspecified atom stereocenters. The normalized spacial score (nSPS) is 11.0. The highest BCUT2D eigenvalue weighted by Gasteiger charge is 2.11. The predicted molar refractivity (Wildman–Crippen MR) is 88.5 cm³/mol. The molecule has 0 atom stereocenters. The van der Waals surface area contributed by atoms with Crippen molar-refractivity contribution in [3.63, 3.8) is 0 Å². The quantitative estimate of drug-likeness (QED) is 0.516. The molecule has 6 nitrogen and oxygen atoms in total. The number of aromatic nitrogens is 5. The molecule has 0 spiro atoms. The van der Waals surface area contributed by atoms with Crippen LogP contribution in [-0.4, -0.2) is 24.9 Å². The number of hydrogen-bond acceptors (Lipinski definition) is 7. The van der Waals surface area contributed by atoms with Gasteiger partial charge in [-0.15, -0.1) is 5.10 Å². The topological polar surface area (TPSA) is 69.6 Å². The summed E-state index contributed by atoms with van der Waals surface area (Å²) in [5.41, 5.74) is 1.93. The van der Waals surface area contributed by atoms with Crippen LogP contribution in [0.25, 0.3) is 17.1 Å². The van der Waals surface area contributed by atoms with Crippen LogP contribution in [-0.2, 0) is 5.75 Å². The average molecular weight is 341 g/mol. The molecule has 0 amide bonds. The summed E-state index contributed by atoms with van der Waals surface area (Å²) in [4.78, 5) is 8.67. The second kappa shape index (κ2) is 6.35. The van der Waals surface area contributed by atoms with E-state index in [1.165, 1.54) is 11.8 Å². The monoisotopic (exact) mass is 341 g/mol. The minimum absolute atomic E-state index is 0.546. The molecule has 114 valence electrons. The third-order valence-electron chi connectivity index (χ3n) is 3.06. The van der Waals surface area contributed by atoms with Crippen molar-refractivity contribution >= 4 is 23.1 Å². The van der Waals surface area contributed by atoms with Gasteiger partial charge in [-0.25, -0.2) is 9.67 Å². The predicted octanol–water partition coefficient (Wildman–Crippen LogP) is 3.67. The molecule has 3 heterocycles. The summed E-state index contributed by atoms with van der Waals surface area (Å²) in [5.74, 6) is 1.74. The first-order chi connectivity index (χ1) is 11.4. The summed E-state index contributed by atoms with van der Waals surface area (Å²) in [7, 11) is 0. The summed E-state index contributed by atoms with van der Waals surface area (Å²) >= 11 is 3.07. The van der Waals surface area contributed by atoms with E-state index in [1.54, 1.807) is 22.3 Å². The van der Waals surface area contributed by atoms with Crippen LogP contribution >= 0.6 is 23.1 Å². The Morgan fingerprint density at radius 3 is 2.91 bits per heavy atom. The first-order valence-electron chi connectivity index (χ1n) is 6.83. The van der Waals surface area contributed by atoms with Gasteiger partial charge in [-0.2, -0.15) is 16.3 Å². The second-order valence-electron chi connectivity index (χ2n) is 4.62. The van der Waals surface area contributed by atoms with Gasteiger partial charge in [-0.3, -0.25) is 0 Å². The zero-order valence-electron chi connectivity index (χ0n) is 11.9. The standard InChI is InChI=1S/C15H11N5OS2/c1-2-4-12(5-3-1)20-10-16-15(18-20)23-9-13-17-14(21-19-13)11-6-7-22-8-11/h1-8,10H,9H2. The minimum atomic E-state index is 0.546. The van der Waals surface area contributed by atoms with Crippen molar-refractivity contribution in [1.82, 2.24) is 24.9 Å². The van der Waals surface area contributed by atoms with E-state index in [0.29, 0.717) is 22.6 Å². The third-order valence-corrected chi connectivity index (χ3v) is 4.59. The van der Waals surface area contributed by atoms with Crippen molar-refractivity contribution in [2.24, 2.45) is 0 Å². The molecule has 4 aromatic rings. The number of rotatable bonds is 5. The van der Waals surface area contributed by atoms with E-state index < -0.39 is 0 Å². The Balaban J connectivity index is 1.43. The highest BCUT2D eigenvalue weighted by molar-refractivity contribution is 7.98. The Kier molecular flexibility index (Phi) is 3.91. The van der Waals surface area contributed by atoms with E-state index >= 15 is 0 Å². The Hall–Kier alpha value is -2.45. The molecule has 0 radical (unpaired) electrons. The fourth-order valence-electron chi connectivity index (χ4n) is 1.96. The van der Waals surface area contributed by atoms with Gasteiger partial charge in [0.05, 0.1) is 17.0 Å². The summed E-state index contributed by atoms with van der Waals surface area (Å²) < 4.78 is 7.00. The summed E-state index contributed by atoms with van der Waals surface area (Å²) in [6, 6.07) is 11.8. The van der Waals surface area contributed by atoms with Gasteiger partial charge in [0.1, 0.15) is 6.33 Å². The fraction of sp³-hybridized carbons (Fsp3) is 0.0667. The van der Waals surface area contributed by atoms with Gasteiger partial charge < -0.3 is 4.52 Å². The van der Waals surface area contributed by atoms with E-state index in [0.717, 1.165) is 11.3 Å². The van der Waals surface area contributed by atoms with Gasteiger partial charge in [0, 0.05) is 5.38 Å². The maximum Gasteiger partial charge on any atom is 0.258 e. The van der Waals surface area contributed by atoms with Crippen molar-refractivity contribution in [2.45, 2.75) is 10.9 Å². The molecule has 0 aliphatic rings. The fourth-order valence-corrected chi connectivity index (χ4v) is 3.24. The molecule has 23 heavy (non-hydrogen) atoms. The van der Waals surface area contributed by atoms with Crippen molar-refractivity contribution in [1.29, 1.82) is 0 Å². The molecular formula is C15H11N5OS2. The molecule has 3 aromatic heterocycles. The Labute approximate surface area is 140 Å². The van der Waals surface area contributed by atoms with Crippen LogP contribution in [0.15, 0.2) is 63.2 Å². The Bertz CT molecular complexity index is 886. The van der Waals surface area contributed by atoms with Crippen LogP contribution in [0.3, 0.4) is 0 Å². The SMILES string of the molecule is c1ccc(-n2cnc(SCc3noc(-c4ccsc4)n3)n2)cc1. The number of thioether (sulfide) groups is 1. The number of para-hydroxylation sites is 1. The lowest BCUT2D eigenvalue weighted by Crippen LogP contribution is -1.93. The van der Waals surface area contributed by atoms with Crippen molar-refractivity contribution in [3.05, 3.63) is 59.3 Å². The molecule has 0 fully saturated rings. The first-order valence-corrected chi connectivity index (χ1v) is 8.76. The average Bonchev–Trinajstić information content (AvgIpc) is 3.33. The summed E-state index contributed by atoms with van der Waals surface area (Å²) in [5, 5.41) is 13.1. The van der Waals surface area contributed by atoms with Crippen molar-refractivity contribution in [2.75, 3.05) is 0 Å². The molecule has 0 aliphatic heterocycles. The largest absolute Gasteiger partial charge is 0.334 e. The van der Waals surface area contributed by atoms with Crippen molar-refractivity contribution in [3.8, 4) is 17.1 Å². The smallest absolute Gasteiger partial charge is 0.258 e. The van der Waals surface area contributed by atoms with Gasteiger partial charge in [-0.1, -0.05) is 35.1 Å². The lowest BCUT2D eigenvalue weighted by Gasteiger charge is -1.97. The highest BCUT2D eigenvalue weighted by Crippen LogP contribution is 2.23. The van der Waals surface area contributed by atoms with Gasteiger partial charge in [-0.05, 0) is 23.6 Å². The number of hydrogen-bond donors (Lipinski definition) is 0. The molecule has 0 saturated carbocycles. The van der Waals surface area contributed by atoms with E-state index in [1.807, 2.05) is 47.2 Å². The molecule has 8 heteroatoms. The summed E-state index contributed by atoms with van der Waals surface area (Å²) in [6.45, 7) is 0. The minimum Gasteiger partial charge on any atom is -0.334 e. The summed E-state index contributed by atoms with van der Waals surface area (Å²) in [6.07, 6.45) is 1.70. The molecular weight excluding hydrogens is 330 g/mol.